The largest absolute Gasteiger partial charge is 0.311 e. The normalized spacial score (nSPS) is 13.8. The number of nitrogens with zero attached hydrogens (tertiary/aromatic N) is 3. The summed E-state index contributed by atoms with van der Waals surface area (Å²) < 4.78 is 1.63. The van der Waals surface area contributed by atoms with E-state index in [9.17, 15) is 9.59 Å². The first kappa shape index (κ1) is 20.5. The van der Waals surface area contributed by atoms with Crippen LogP contribution in [0.2, 0.25) is 0 Å². The van der Waals surface area contributed by atoms with Gasteiger partial charge in [0.2, 0.25) is 5.91 Å². The van der Waals surface area contributed by atoms with Crippen LogP contribution in [0.5, 0.6) is 0 Å². The van der Waals surface area contributed by atoms with Crippen molar-refractivity contribution in [3.63, 3.8) is 0 Å². The highest BCUT2D eigenvalue weighted by Crippen LogP contribution is 2.33. The van der Waals surface area contributed by atoms with Crippen molar-refractivity contribution in [2.75, 3.05) is 11.4 Å². The summed E-state index contributed by atoms with van der Waals surface area (Å²) >= 11 is 1.37. The molecule has 1 aliphatic rings. The number of hydrogen-bond donors (Lipinski definition) is 0. The van der Waals surface area contributed by atoms with Gasteiger partial charge >= 0.3 is 0 Å². The fourth-order valence-corrected chi connectivity index (χ4v) is 5.27. The van der Waals surface area contributed by atoms with E-state index in [0.29, 0.717) is 29.0 Å². The average molecular weight is 442 g/mol. The van der Waals surface area contributed by atoms with Gasteiger partial charge in [0.05, 0.1) is 21.8 Å². The Labute approximate surface area is 190 Å². The quantitative estimate of drug-likeness (QED) is 0.328. The minimum atomic E-state index is -0.343. The number of thioether (sulfide) groups is 1. The van der Waals surface area contributed by atoms with Gasteiger partial charge in [-0.2, -0.15) is 0 Å². The number of fused-ring (bicyclic) bond motifs is 2. The molecule has 5 nitrogen and oxygen atoms in total. The lowest BCUT2D eigenvalue weighted by Gasteiger charge is -2.23. The Morgan fingerprint density at radius 3 is 2.53 bits per heavy atom. The van der Waals surface area contributed by atoms with Crippen molar-refractivity contribution in [1.82, 2.24) is 9.55 Å². The number of carbonyl (C=O) groups is 1. The van der Waals surface area contributed by atoms with Gasteiger partial charge in [-0.25, -0.2) is 4.98 Å². The molecule has 0 N–H and O–H groups in total. The van der Waals surface area contributed by atoms with E-state index in [0.717, 1.165) is 17.8 Å². The standard InChI is InChI=1S/C26H23N3O2S/c1-2-23(25(31)28-17-16-18-10-6-9-15-22(18)28)32-26-27-21-14-8-7-13-20(21)24(30)29(26)19-11-4-3-5-12-19/h3-15,23H,2,16-17H2,1H3. The van der Waals surface area contributed by atoms with Crippen LogP contribution >= 0.6 is 11.8 Å². The topological polar surface area (TPSA) is 55.2 Å². The van der Waals surface area contributed by atoms with Gasteiger partial charge in [-0.15, -0.1) is 0 Å². The molecular formula is C26H23N3O2S. The smallest absolute Gasteiger partial charge is 0.266 e. The van der Waals surface area contributed by atoms with E-state index in [1.807, 2.05) is 78.6 Å². The van der Waals surface area contributed by atoms with Crippen LogP contribution in [0.4, 0.5) is 5.69 Å². The third kappa shape index (κ3) is 3.60. The first-order valence-electron chi connectivity index (χ1n) is 10.8. The molecule has 1 amide bonds. The molecular weight excluding hydrogens is 418 g/mol. The monoisotopic (exact) mass is 441 g/mol. The van der Waals surface area contributed by atoms with Crippen LogP contribution in [0.1, 0.15) is 18.9 Å². The third-order valence-electron chi connectivity index (χ3n) is 5.81. The van der Waals surface area contributed by atoms with Gasteiger partial charge in [-0.05, 0) is 48.7 Å². The van der Waals surface area contributed by atoms with Gasteiger partial charge in [-0.1, -0.05) is 67.2 Å². The number of amides is 1. The number of anilines is 1. The van der Waals surface area contributed by atoms with Crippen molar-refractivity contribution in [3.05, 3.63) is 94.8 Å². The SMILES string of the molecule is CCC(Sc1nc2ccccc2c(=O)n1-c1ccccc1)C(=O)N1CCc2ccccc21. The molecule has 4 aromatic rings. The van der Waals surface area contributed by atoms with Crippen LogP contribution in [0.3, 0.4) is 0 Å². The Kier molecular flexibility index (Phi) is 5.53. The van der Waals surface area contributed by atoms with E-state index >= 15 is 0 Å². The van der Waals surface area contributed by atoms with Crippen LogP contribution in [-0.4, -0.2) is 27.3 Å². The molecule has 32 heavy (non-hydrogen) atoms. The molecule has 0 bridgehead atoms. The number of hydrogen-bond acceptors (Lipinski definition) is 4. The molecule has 1 atom stereocenters. The molecule has 6 heteroatoms. The highest BCUT2D eigenvalue weighted by atomic mass is 32.2. The molecule has 1 aliphatic heterocycles. The summed E-state index contributed by atoms with van der Waals surface area (Å²) in [5.41, 5.74) is 3.44. The molecule has 0 spiro atoms. The zero-order chi connectivity index (χ0) is 22.1. The average Bonchev–Trinajstić information content (AvgIpc) is 3.27. The Morgan fingerprint density at radius 1 is 1.00 bits per heavy atom. The molecule has 0 fully saturated rings. The summed E-state index contributed by atoms with van der Waals surface area (Å²) in [5.74, 6) is 0.0597. The molecule has 5 rings (SSSR count). The molecule has 160 valence electrons. The zero-order valence-electron chi connectivity index (χ0n) is 17.8. The Balaban J connectivity index is 1.57. The van der Waals surface area contributed by atoms with E-state index in [1.165, 1.54) is 17.3 Å². The minimum absolute atomic E-state index is 0.0597. The molecule has 3 aromatic carbocycles. The summed E-state index contributed by atoms with van der Waals surface area (Å²) in [6.07, 6.45) is 1.51. The third-order valence-corrected chi connectivity index (χ3v) is 7.11. The molecule has 0 saturated heterocycles. The van der Waals surface area contributed by atoms with Gasteiger partial charge in [0, 0.05) is 12.2 Å². The first-order chi connectivity index (χ1) is 15.7. The predicted octanol–water partition coefficient (Wildman–Crippen LogP) is 4.85. The molecule has 0 radical (unpaired) electrons. The van der Waals surface area contributed by atoms with Crippen molar-refractivity contribution in [1.29, 1.82) is 0 Å². The Hall–Kier alpha value is -3.38. The lowest BCUT2D eigenvalue weighted by molar-refractivity contribution is -0.118. The van der Waals surface area contributed by atoms with Gasteiger partial charge in [0.1, 0.15) is 0 Å². The number of carbonyl (C=O) groups excluding carboxylic acids is 1. The maximum Gasteiger partial charge on any atom is 0.266 e. The van der Waals surface area contributed by atoms with Crippen molar-refractivity contribution in [3.8, 4) is 5.69 Å². The van der Waals surface area contributed by atoms with Gasteiger partial charge in [-0.3, -0.25) is 14.2 Å². The summed E-state index contributed by atoms with van der Waals surface area (Å²) in [6.45, 7) is 2.69. The molecule has 1 aromatic heterocycles. The summed E-state index contributed by atoms with van der Waals surface area (Å²) in [4.78, 5) is 33.6. The second kappa shape index (κ2) is 8.63. The van der Waals surface area contributed by atoms with Crippen molar-refractivity contribution in [2.45, 2.75) is 30.2 Å². The number of benzene rings is 3. The summed E-state index contributed by atoms with van der Waals surface area (Å²) in [5, 5.41) is 0.755. The van der Waals surface area contributed by atoms with Gasteiger partial charge in [0.15, 0.2) is 5.16 Å². The number of rotatable bonds is 5. The second-order valence-corrected chi connectivity index (χ2v) is 8.94. The first-order valence-corrected chi connectivity index (χ1v) is 11.7. The van der Waals surface area contributed by atoms with E-state index in [-0.39, 0.29) is 16.7 Å². The van der Waals surface area contributed by atoms with E-state index in [2.05, 4.69) is 6.07 Å². The summed E-state index contributed by atoms with van der Waals surface area (Å²) in [7, 11) is 0. The second-order valence-electron chi connectivity index (χ2n) is 7.77. The fourth-order valence-electron chi connectivity index (χ4n) is 4.17. The van der Waals surface area contributed by atoms with Gasteiger partial charge in [0.25, 0.3) is 5.56 Å². The van der Waals surface area contributed by atoms with Crippen molar-refractivity contribution >= 4 is 34.3 Å². The van der Waals surface area contributed by atoms with Crippen molar-refractivity contribution in [2.24, 2.45) is 0 Å². The zero-order valence-corrected chi connectivity index (χ0v) is 18.6. The van der Waals surface area contributed by atoms with Gasteiger partial charge < -0.3 is 4.90 Å². The lowest BCUT2D eigenvalue weighted by atomic mass is 10.2. The number of para-hydroxylation sites is 3. The van der Waals surface area contributed by atoms with Crippen LogP contribution < -0.4 is 10.5 Å². The summed E-state index contributed by atoms with van der Waals surface area (Å²) in [6, 6.07) is 24.9. The van der Waals surface area contributed by atoms with Crippen LogP contribution in [0.15, 0.2) is 88.8 Å². The predicted molar refractivity (Wildman–Crippen MR) is 130 cm³/mol. The Bertz CT molecular complexity index is 1350. The molecule has 2 heterocycles. The highest BCUT2D eigenvalue weighted by molar-refractivity contribution is 8.00. The van der Waals surface area contributed by atoms with E-state index in [4.69, 9.17) is 4.98 Å². The van der Waals surface area contributed by atoms with Crippen LogP contribution in [0, 0.1) is 0 Å². The molecule has 0 saturated carbocycles. The van der Waals surface area contributed by atoms with E-state index < -0.39 is 0 Å². The fraction of sp³-hybridized carbons (Fsp3) is 0.192. The van der Waals surface area contributed by atoms with E-state index in [1.54, 1.807) is 10.6 Å². The number of aromatic nitrogens is 2. The van der Waals surface area contributed by atoms with Crippen LogP contribution in [0.25, 0.3) is 16.6 Å². The van der Waals surface area contributed by atoms with Crippen LogP contribution in [-0.2, 0) is 11.2 Å². The van der Waals surface area contributed by atoms with Crippen molar-refractivity contribution < 1.29 is 4.79 Å². The minimum Gasteiger partial charge on any atom is -0.311 e. The maximum absolute atomic E-state index is 13.5. The lowest BCUT2D eigenvalue weighted by Crippen LogP contribution is -2.37. The molecule has 0 aliphatic carbocycles. The molecule has 1 unspecified atom stereocenters. The highest BCUT2D eigenvalue weighted by Gasteiger charge is 2.31. The maximum atomic E-state index is 13.5. The Morgan fingerprint density at radius 2 is 1.72 bits per heavy atom.